The molecule has 0 radical (unpaired) electrons. The highest BCUT2D eigenvalue weighted by Gasteiger charge is 2.54. The molecule has 1 aromatic carbocycles. The zero-order chi connectivity index (χ0) is 33.8. The summed E-state index contributed by atoms with van der Waals surface area (Å²) in [6.07, 6.45) is -3.31. The Morgan fingerprint density at radius 3 is 2.69 bits per heavy atom. The van der Waals surface area contributed by atoms with E-state index >= 15 is 0 Å². The van der Waals surface area contributed by atoms with Gasteiger partial charge in [-0.1, -0.05) is 40.5 Å². The minimum absolute atomic E-state index is 0.000721. The number of methoxy groups -OCH3 is 1. The van der Waals surface area contributed by atoms with Crippen LogP contribution >= 0.6 is 0 Å². The van der Waals surface area contributed by atoms with Crippen molar-refractivity contribution < 1.29 is 34.1 Å². The van der Waals surface area contributed by atoms with Gasteiger partial charge in [-0.25, -0.2) is 9.97 Å². The van der Waals surface area contributed by atoms with Crippen LogP contribution in [-0.4, -0.2) is 64.4 Å². The molecule has 42 heavy (non-hydrogen) atoms. The number of hydrogen-bond acceptors (Lipinski definition) is 8. The molecular formula is C33H45N3O6. The summed E-state index contributed by atoms with van der Waals surface area (Å²) in [6.45, 7) is 9.37. The van der Waals surface area contributed by atoms with Crippen LogP contribution in [0.25, 0.3) is 11.0 Å². The maximum Gasteiger partial charge on any atom is 0.307 e. The third kappa shape index (κ3) is 6.11. The van der Waals surface area contributed by atoms with E-state index < -0.39 is 53.7 Å². The van der Waals surface area contributed by atoms with E-state index in [1.165, 1.54) is 12.0 Å². The molecule has 0 spiro atoms. The molecule has 2 aliphatic heterocycles. The molecule has 3 heterocycles. The van der Waals surface area contributed by atoms with Crippen LogP contribution in [0.1, 0.15) is 90.7 Å². The van der Waals surface area contributed by atoms with Crippen molar-refractivity contribution in [2.24, 2.45) is 23.2 Å². The second kappa shape index (κ2) is 11.8. The number of esters is 1. The third-order valence-electron chi connectivity index (χ3n) is 9.13. The Balaban J connectivity index is 1.63. The molecule has 3 aliphatic rings. The van der Waals surface area contributed by atoms with Crippen molar-refractivity contribution in [3.8, 4) is 11.6 Å². The summed E-state index contributed by atoms with van der Waals surface area (Å²) in [7, 11) is 1.51. The van der Waals surface area contributed by atoms with E-state index in [0.29, 0.717) is 42.5 Å². The summed E-state index contributed by atoms with van der Waals surface area (Å²) in [5, 5.41) is 0. The minimum Gasteiger partial charge on any atom is -0.497 e. The monoisotopic (exact) mass is 583 g/mol. The van der Waals surface area contributed by atoms with Gasteiger partial charge >= 0.3 is 5.97 Å². The first-order valence-corrected chi connectivity index (χ1v) is 15.0. The molecule has 228 valence electrons. The first kappa shape index (κ1) is 25.3. The van der Waals surface area contributed by atoms with E-state index in [-0.39, 0.29) is 42.8 Å². The highest BCUT2D eigenvalue weighted by molar-refractivity contribution is 5.87. The molecule has 6 atom stereocenters. The first-order valence-electron chi connectivity index (χ1n) is 17.0. The van der Waals surface area contributed by atoms with Crippen molar-refractivity contribution >= 4 is 29.2 Å². The van der Waals surface area contributed by atoms with Crippen LogP contribution in [-0.2, 0) is 25.5 Å². The van der Waals surface area contributed by atoms with E-state index in [9.17, 15) is 14.4 Å². The number of aryl methyl sites for hydroxylation is 1. The van der Waals surface area contributed by atoms with E-state index in [1.54, 1.807) is 18.2 Å². The highest BCUT2D eigenvalue weighted by atomic mass is 16.6. The van der Waals surface area contributed by atoms with E-state index in [4.69, 9.17) is 19.7 Å². The van der Waals surface area contributed by atoms with Crippen LogP contribution in [0.3, 0.4) is 0 Å². The lowest BCUT2D eigenvalue weighted by molar-refractivity contribution is -0.158. The van der Waals surface area contributed by atoms with Gasteiger partial charge in [0.15, 0.2) is 0 Å². The molecule has 5 rings (SSSR count). The fourth-order valence-electron chi connectivity index (χ4n) is 6.37. The average molecular weight is 584 g/mol. The summed E-state index contributed by atoms with van der Waals surface area (Å²) in [5.74, 6) is -1.76. The SMILES string of the molecule is [2H]C1([2H])CCC[C@@H]2C[C@@]2(C)OC(=O)C[C@@H](C(C)(C)C)C(=O)N2C[C@H](Oc3nc4cc(OC)ccc4nc3C1([2H])[2H])[C@@H](CC)[C@H]2C=O. The van der Waals surface area contributed by atoms with E-state index in [1.807, 2.05) is 34.6 Å². The predicted octanol–water partition coefficient (Wildman–Crippen LogP) is 5.31. The zero-order valence-electron chi connectivity index (χ0n) is 29.4. The summed E-state index contributed by atoms with van der Waals surface area (Å²) in [6, 6.07) is 4.09. The summed E-state index contributed by atoms with van der Waals surface area (Å²) < 4.78 is 53.6. The zero-order valence-corrected chi connectivity index (χ0v) is 25.4. The van der Waals surface area contributed by atoms with Gasteiger partial charge in [-0.3, -0.25) is 9.59 Å². The maximum absolute atomic E-state index is 14.2. The molecule has 9 nitrogen and oxygen atoms in total. The van der Waals surface area contributed by atoms with Crippen molar-refractivity contribution in [3.05, 3.63) is 23.9 Å². The lowest BCUT2D eigenvalue weighted by Crippen LogP contribution is -2.46. The Morgan fingerprint density at radius 1 is 1.21 bits per heavy atom. The number of carbonyl (C=O) groups is 3. The van der Waals surface area contributed by atoms with Crippen LogP contribution < -0.4 is 9.47 Å². The number of aldehydes is 1. The predicted molar refractivity (Wildman–Crippen MR) is 158 cm³/mol. The maximum atomic E-state index is 14.2. The van der Waals surface area contributed by atoms with Gasteiger partial charge in [-0.05, 0) is 56.5 Å². The number of fused-ring (bicyclic) bond motifs is 5. The normalized spacial score (nSPS) is 34.6. The quantitative estimate of drug-likeness (QED) is 0.353. The van der Waals surface area contributed by atoms with E-state index in [2.05, 4.69) is 9.97 Å². The summed E-state index contributed by atoms with van der Waals surface area (Å²) in [4.78, 5) is 50.7. The molecule has 1 aliphatic carbocycles. The lowest BCUT2D eigenvalue weighted by Gasteiger charge is -2.34. The molecule has 2 fully saturated rings. The van der Waals surface area contributed by atoms with Crippen molar-refractivity contribution in [3.63, 3.8) is 0 Å². The minimum atomic E-state index is -2.62. The number of hydrogen-bond donors (Lipinski definition) is 0. The van der Waals surface area contributed by atoms with Crippen molar-refractivity contribution in [1.82, 2.24) is 14.9 Å². The number of ether oxygens (including phenoxy) is 3. The molecule has 0 unspecified atom stereocenters. The Hall–Kier alpha value is -3.23. The average Bonchev–Trinajstić information content (AvgIpc) is 3.46. The lowest BCUT2D eigenvalue weighted by atomic mass is 9.77. The molecule has 0 N–H and O–H groups in total. The number of nitrogens with zero attached hydrogens (tertiary/aromatic N) is 3. The van der Waals surface area contributed by atoms with Crippen molar-refractivity contribution in [2.45, 2.75) is 104 Å². The Bertz CT molecular complexity index is 1510. The van der Waals surface area contributed by atoms with Crippen LogP contribution in [0, 0.1) is 23.2 Å². The Morgan fingerprint density at radius 2 is 2.00 bits per heavy atom. The second-order valence-electron chi connectivity index (χ2n) is 13.1. The van der Waals surface area contributed by atoms with E-state index in [0.717, 1.165) is 6.29 Å². The highest BCUT2D eigenvalue weighted by Crippen LogP contribution is 2.50. The molecule has 1 aromatic heterocycles. The van der Waals surface area contributed by atoms with Gasteiger partial charge in [0.1, 0.15) is 29.4 Å². The number of carbonyl (C=O) groups excluding carboxylic acids is 3. The third-order valence-corrected chi connectivity index (χ3v) is 9.13. The fraction of sp³-hybridized carbons (Fsp3) is 0.667. The molecule has 1 saturated heterocycles. The number of benzene rings is 1. The van der Waals surface area contributed by atoms with Gasteiger partial charge in [0.05, 0.1) is 43.1 Å². The molecule has 2 aromatic rings. The van der Waals surface area contributed by atoms with Crippen LogP contribution in [0.5, 0.6) is 11.6 Å². The molecule has 1 amide bonds. The largest absolute Gasteiger partial charge is 0.497 e. The second-order valence-corrected chi connectivity index (χ2v) is 13.1. The molecular weight excluding hydrogens is 534 g/mol. The van der Waals surface area contributed by atoms with Crippen LogP contribution in [0.15, 0.2) is 18.2 Å². The van der Waals surface area contributed by atoms with Gasteiger partial charge in [0.2, 0.25) is 11.8 Å². The van der Waals surface area contributed by atoms with Gasteiger partial charge in [0, 0.05) is 23.4 Å². The van der Waals surface area contributed by atoms with Crippen molar-refractivity contribution in [2.75, 3.05) is 13.7 Å². The molecule has 1 saturated carbocycles. The smallest absolute Gasteiger partial charge is 0.307 e. The van der Waals surface area contributed by atoms with Gasteiger partial charge in [-0.15, -0.1) is 0 Å². The van der Waals surface area contributed by atoms with Crippen molar-refractivity contribution in [1.29, 1.82) is 0 Å². The fourth-order valence-corrected chi connectivity index (χ4v) is 6.37. The van der Waals surface area contributed by atoms with Gasteiger partial charge in [-0.2, -0.15) is 0 Å². The topological polar surface area (TPSA) is 108 Å². The standard InChI is InChI=1S/C33H45N3O6/c1-7-22-27(19-37)36-18-28(22)41-30-25(34-24-14-13-21(40-6)15-26(24)35-30)12-10-8-9-11-20-17-33(20,5)42-29(38)16-23(31(36)39)32(2,3)4/h13-15,19-20,22-23,27-28H,7-12,16-18H2,1-6H3/t20-,22+,23-,27-,28+,33-/m1/s1/i10D2,12D2. The summed E-state index contributed by atoms with van der Waals surface area (Å²) in [5.41, 5.74) is -0.914. The Kier molecular flexibility index (Phi) is 7.11. The molecule has 9 heteroatoms. The van der Waals surface area contributed by atoms with Crippen LogP contribution in [0.4, 0.5) is 0 Å². The van der Waals surface area contributed by atoms with Gasteiger partial charge in [0.25, 0.3) is 0 Å². The van der Waals surface area contributed by atoms with Crippen LogP contribution in [0.2, 0.25) is 0 Å². The van der Waals surface area contributed by atoms with Gasteiger partial charge < -0.3 is 23.9 Å². The Labute approximate surface area is 254 Å². The summed E-state index contributed by atoms with van der Waals surface area (Å²) >= 11 is 0. The molecule has 2 bridgehead atoms. The first-order chi connectivity index (χ1) is 21.5. The number of aromatic nitrogens is 2. The number of amides is 1. The number of rotatable bonds is 3.